The zero-order valence-corrected chi connectivity index (χ0v) is 11.6. The molecule has 0 saturated carbocycles. The third-order valence-corrected chi connectivity index (χ3v) is 2.98. The highest BCUT2D eigenvalue weighted by Crippen LogP contribution is 2.30. The SMILES string of the molecule is CC(C)(C)OC(=O)N1CCCc2c(C#N)cccc21. The zero-order chi connectivity index (χ0) is 14.0. The Labute approximate surface area is 113 Å². The Morgan fingerprint density at radius 1 is 1.42 bits per heavy atom. The largest absolute Gasteiger partial charge is 0.443 e. The van der Waals surface area contributed by atoms with E-state index in [0.717, 1.165) is 24.1 Å². The van der Waals surface area contributed by atoms with Gasteiger partial charge in [0.2, 0.25) is 0 Å². The summed E-state index contributed by atoms with van der Waals surface area (Å²) in [5.41, 5.74) is 1.88. The first-order valence-electron chi connectivity index (χ1n) is 6.45. The fourth-order valence-corrected chi connectivity index (χ4v) is 2.24. The Morgan fingerprint density at radius 3 is 2.79 bits per heavy atom. The van der Waals surface area contributed by atoms with Gasteiger partial charge in [-0.15, -0.1) is 0 Å². The lowest BCUT2D eigenvalue weighted by Crippen LogP contribution is -2.40. The molecular weight excluding hydrogens is 240 g/mol. The van der Waals surface area contributed by atoms with Crippen LogP contribution in [0.2, 0.25) is 0 Å². The van der Waals surface area contributed by atoms with Crippen molar-refractivity contribution in [3.63, 3.8) is 0 Å². The highest BCUT2D eigenvalue weighted by Gasteiger charge is 2.28. The van der Waals surface area contributed by atoms with Crippen LogP contribution in [0.4, 0.5) is 10.5 Å². The van der Waals surface area contributed by atoms with Gasteiger partial charge in [-0.1, -0.05) is 6.07 Å². The number of nitrogens with zero attached hydrogens (tertiary/aromatic N) is 2. The zero-order valence-electron chi connectivity index (χ0n) is 11.6. The van der Waals surface area contributed by atoms with Gasteiger partial charge in [-0.3, -0.25) is 4.90 Å². The number of rotatable bonds is 0. The first-order chi connectivity index (χ1) is 8.92. The number of fused-ring (bicyclic) bond motifs is 1. The summed E-state index contributed by atoms with van der Waals surface area (Å²) < 4.78 is 5.41. The molecule has 1 aliphatic rings. The van der Waals surface area contributed by atoms with Gasteiger partial charge in [0.15, 0.2) is 0 Å². The fourth-order valence-electron chi connectivity index (χ4n) is 2.24. The van der Waals surface area contributed by atoms with E-state index in [1.165, 1.54) is 0 Å². The van der Waals surface area contributed by atoms with Crippen molar-refractivity contribution in [1.29, 1.82) is 5.26 Å². The third kappa shape index (κ3) is 2.87. The molecule has 0 aromatic heterocycles. The number of carbonyl (C=O) groups is 1. The minimum absolute atomic E-state index is 0.344. The predicted molar refractivity (Wildman–Crippen MR) is 73.1 cm³/mol. The van der Waals surface area contributed by atoms with E-state index in [1.807, 2.05) is 26.8 Å². The van der Waals surface area contributed by atoms with Crippen LogP contribution in [0.15, 0.2) is 18.2 Å². The Kier molecular flexibility index (Phi) is 3.48. The summed E-state index contributed by atoms with van der Waals surface area (Å²) in [5, 5.41) is 9.12. The lowest BCUT2D eigenvalue weighted by Gasteiger charge is -2.32. The maximum atomic E-state index is 12.2. The molecule has 4 heteroatoms. The van der Waals surface area contributed by atoms with Crippen LogP contribution in [0.3, 0.4) is 0 Å². The quantitative estimate of drug-likeness (QED) is 0.717. The standard InChI is InChI=1S/C15H18N2O2/c1-15(2,3)19-14(18)17-9-5-7-12-11(10-16)6-4-8-13(12)17/h4,6,8H,5,7,9H2,1-3H3. The van der Waals surface area contributed by atoms with Crippen LogP contribution in [-0.2, 0) is 11.2 Å². The number of anilines is 1. The first-order valence-corrected chi connectivity index (χ1v) is 6.45. The van der Waals surface area contributed by atoms with Crippen LogP contribution in [0.25, 0.3) is 0 Å². The minimum atomic E-state index is -0.512. The van der Waals surface area contributed by atoms with Crippen LogP contribution in [0.1, 0.15) is 38.3 Å². The molecule has 0 atom stereocenters. The average Bonchev–Trinajstić information content (AvgIpc) is 2.35. The first kappa shape index (κ1) is 13.4. The van der Waals surface area contributed by atoms with Crippen molar-refractivity contribution in [2.75, 3.05) is 11.4 Å². The molecule has 19 heavy (non-hydrogen) atoms. The molecule has 0 unspecified atom stereocenters. The van der Waals surface area contributed by atoms with Crippen molar-refractivity contribution < 1.29 is 9.53 Å². The van der Waals surface area contributed by atoms with Crippen molar-refractivity contribution in [2.45, 2.75) is 39.2 Å². The molecule has 100 valence electrons. The second-order valence-electron chi connectivity index (χ2n) is 5.65. The molecule has 0 spiro atoms. The Hall–Kier alpha value is -2.02. The smallest absolute Gasteiger partial charge is 0.414 e. The van der Waals surface area contributed by atoms with E-state index in [2.05, 4.69) is 6.07 Å². The molecule has 1 aromatic carbocycles. The number of carbonyl (C=O) groups excluding carboxylic acids is 1. The average molecular weight is 258 g/mol. The van der Waals surface area contributed by atoms with Gasteiger partial charge in [0.05, 0.1) is 17.3 Å². The number of nitriles is 1. The Bertz CT molecular complexity index is 538. The van der Waals surface area contributed by atoms with Crippen LogP contribution in [-0.4, -0.2) is 18.2 Å². The van der Waals surface area contributed by atoms with Crippen LogP contribution >= 0.6 is 0 Å². The monoisotopic (exact) mass is 258 g/mol. The van der Waals surface area contributed by atoms with Crippen LogP contribution in [0.5, 0.6) is 0 Å². The summed E-state index contributed by atoms with van der Waals surface area (Å²) in [6, 6.07) is 7.65. The lowest BCUT2D eigenvalue weighted by atomic mass is 9.97. The number of amides is 1. The van der Waals surface area contributed by atoms with E-state index in [-0.39, 0.29) is 6.09 Å². The molecule has 1 heterocycles. The molecule has 4 nitrogen and oxygen atoms in total. The van der Waals surface area contributed by atoms with Gasteiger partial charge in [0, 0.05) is 6.54 Å². The van der Waals surface area contributed by atoms with E-state index in [9.17, 15) is 4.79 Å². The number of ether oxygens (including phenoxy) is 1. The minimum Gasteiger partial charge on any atom is -0.443 e. The number of hydrogen-bond acceptors (Lipinski definition) is 3. The Morgan fingerprint density at radius 2 is 2.16 bits per heavy atom. The fraction of sp³-hybridized carbons (Fsp3) is 0.467. The molecule has 1 aromatic rings. The Balaban J connectivity index is 2.33. The molecule has 0 saturated heterocycles. The molecule has 2 rings (SSSR count). The van der Waals surface area contributed by atoms with Gasteiger partial charge in [-0.25, -0.2) is 4.79 Å². The van der Waals surface area contributed by atoms with Crippen LogP contribution in [0, 0.1) is 11.3 Å². The summed E-state index contributed by atoms with van der Waals surface area (Å²) in [6.07, 6.45) is 1.34. The van der Waals surface area contributed by atoms with Gasteiger partial charge < -0.3 is 4.74 Å². The molecule has 0 N–H and O–H groups in total. The maximum Gasteiger partial charge on any atom is 0.414 e. The molecule has 1 amide bonds. The van der Waals surface area contributed by atoms with Crippen LogP contribution < -0.4 is 4.90 Å². The van der Waals surface area contributed by atoms with Crippen molar-refractivity contribution in [1.82, 2.24) is 0 Å². The highest BCUT2D eigenvalue weighted by atomic mass is 16.6. The van der Waals surface area contributed by atoms with Crippen molar-refractivity contribution >= 4 is 11.8 Å². The van der Waals surface area contributed by atoms with Crippen molar-refractivity contribution in [2.24, 2.45) is 0 Å². The highest BCUT2D eigenvalue weighted by molar-refractivity contribution is 5.90. The van der Waals surface area contributed by atoms with Gasteiger partial charge in [0.25, 0.3) is 0 Å². The van der Waals surface area contributed by atoms with E-state index < -0.39 is 5.60 Å². The summed E-state index contributed by atoms with van der Waals surface area (Å²) >= 11 is 0. The van der Waals surface area contributed by atoms with Gasteiger partial charge in [0.1, 0.15) is 5.60 Å². The third-order valence-electron chi connectivity index (χ3n) is 2.98. The lowest BCUT2D eigenvalue weighted by molar-refractivity contribution is 0.0578. The molecule has 1 aliphatic heterocycles. The van der Waals surface area contributed by atoms with E-state index in [0.29, 0.717) is 12.1 Å². The maximum absolute atomic E-state index is 12.2. The summed E-state index contributed by atoms with van der Waals surface area (Å²) in [5.74, 6) is 0. The van der Waals surface area contributed by atoms with Gasteiger partial charge in [-0.2, -0.15) is 5.26 Å². The van der Waals surface area contributed by atoms with E-state index in [1.54, 1.807) is 17.0 Å². The molecule has 0 bridgehead atoms. The topological polar surface area (TPSA) is 53.3 Å². The second kappa shape index (κ2) is 4.93. The van der Waals surface area contributed by atoms with Gasteiger partial charge in [-0.05, 0) is 51.3 Å². The van der Waals surface area contributed by atoms with Gasteiger partial charge >= 0.3 is 6.09 Å². The van der Waals surface area contributed by atoms with E-state index >= 15 is 0 Å². The molecular formula is C15H18N2O2. The predicted octanol–water partition coefficient (Wildman–Crippen LogP) is 3.25. The number of hydrogen-bond donors (Lipinski definition) is 0. The number of benzene rings is 1. The molecule has 0 aliphatic carbocycles. The van der Waals surface area contributed by atoms with E-state index in [4.69, 9.17) is 10.00 Å². The molecule has 0 radical (unpaired) electrons. The van der Waals surface area contributed by atoms with Crippen molar-refractivity contribution in [3.05, 3.63) is 29.3 Å². The summed E-state index contributed by atoms with van der Waals surface area (Å²) in [7, 11) is 0. The molecule has 0 fully saturated rings. The summed E-state index contributed by atoms with van der Waals surface area (Å²) in [6.45, 7) is 6.18. The van der Waals surface area contributed by atoms with Crippen molar-refractivity contribution in [3.8, 4) is 6.07 Å². The summed E-state index contributed by atoms with van der Waals surface area (Å²) in [4.78, 5) is 13.8. The normalized spacial score (nSPS) is 14.5. The second-order valence-corrected chi connectivity index (χ2v) is 5.65.